The largest absolute Gasteiger partial charge is 0.508 e. The van der Waals surface area contributed by atoms with Crippen LogP contribution in [-0.4, -0.2) is 23.0 Å². The smallest absolute Gasteiger partial charge is 0.222 e. The number of phenolic OH excluding ortho intramolecular Hbond substituents is 1. The number of nitrogens with zero attached hydrogens (tertiary/aromatic N) is 1. The highest BCUT2D eigenvalue weighted by molar-refractivity contribution is 5.75. The van der Waals surface area contributed by atoms with Crippen LogP contribution in [0.4, 0.5) is 0 Å². The molecule has 20 heavy (non-hydrogen) atoms. The molecule has 0 fully saturated rings. The van der Waals surface area contributed by atoms with Crippen molar-refractivity contribution in [3.63, 3.8) is 0 Å². The molecule has 0 aromatic heterocycles. The zero-order valence-electron chi connectivity index (χ0n) is 12.8. The van der Waals surface area contributed by atoms with Gasteiger partial charge in [-0.25, -0.2) is 0 Å². The van der Waals surface area contributed by atoms with Crippen LogP contribution in [0.3, 0.4) is 0 Å². The average Bonchev–Trinajstić information content (AvgIpc) is 2.45. The zero-order chi connectivity index (χ0) is 14.8. The molecule has 0 aliphatic carbocycles. The minimum Gasteiger partial charge on any atom is -0.508 e. The van der Waals surface area contributed by atoms with Crippen molar-refractivity contribution < 1.29 is 9.90 Å². The van der Waals surface area contributed by atoms with Gasteiger partial charge < -0.3 is 10.0 Å². The second kappa shape index (κ2) is 9.40. The van der Waals surface area contributed by atoms with Gasteiger partial charge in [-0.2, -0.15) is 0 Å². The second-order valence-electron chi connectivity index (χ2n) is 5.43. The third-order valence-electron chi connectivity index (χ3n) is 3.53. The van der Waals surface area contributed by atoms with Gasteiger partial charge in [0, 0.05) is 20.0 Å². The molecule has 0 atom stereocenters. The standard InChI is InChI=1S/C17H27NO2/c1-3-4-5-6-7-8-9-17(20)18(2)14-15-10-12-16(19)13-11-15/h10-13,19H,3-9,14H2,1-2H3. The number of hydrogen-bond acceptors (Lipinski definition) is 2. The Hall–Kier alpha value is -1.51. The molecule has 0 aliphatic heterocycles. The van der Waals surface area contributed by atoms with Gasteiger partial charge in [-0.15, -0.1) is 0 Å². The zero-order valence-corrected chi connectivity index (χ0v) is 12.8. The van der Waals surface area contributed by atoms with Crippen molar-refractivity contribution in [3.05, 3.63) is 29.8 Å². The maximum absolute atomic E-state index is 12.0. The lowest BCUT2D eigenvalue weighted by Gasteiger charge is -2.17. The van der Waals surface area contributed by atoms with Crippen LogP contribution < -0.4 is 0 Å². The van der Waals surface area contributed by atoms with Gasteiger partial charge in [0.25, 0.3) is 0 Å². The van der Waals surface area contributed by atoms with E-state index in [0.29, 0.717) is 13.0 Å². The predicted molar refractivity (Wildman–Crippen MR) is 82.6 cm³/mol. The highest BCUT2D eigenvalue weighted by Gasteiger charge is 2.08. The lowest BCUT2D eigenvalue weighted by atomic mass is 10.1. The minimum absolute atomic E-state index is 0.202. The molecular formula is C17H27NO2. The normalized spacial score (nSPS) is 10.5. The van der Waals surface area contributed by atoms with E-state index in [0.717, 1.165) is 18.4 Å². The van der Waals surface area contributed by atoms with Crippen LogP contribution in [-0.2, 0) is 11.3 Å². The molecule has 1 amide bonds. The summed E-state index contributed by atoms with van der Waals surface area (Å²) in [5.41, 5.74) is 1.04. The number of hydrogen-bond donors (Lipinski definition) is 1. The first-order chi connectivity index (χ1) is 9.63. The van der Waals surface area contributed by atoms with Crippen molar-refractivity contribution in [2.75, 3.05) is 7.05 Å². The lowest BCUT2D eigenvalue weighted by molar-refractivity contribution is -0.130. The highest BCUT2D eigenvalue weighted by Crippen LogP contribution is 2.12. The summed E-state index contributed by atoms with van der Waals surface area (Å²) >= 11 is 0. The van der Waals surface area contributed by atoms with E-state index in [1.54, 1.807) is 17.0 Å². The molecule has 3 nitrogen and oxygen atoms in total. The average molecular weight is 277 g/mol. The Labute approximate surface area is 122 Å². The molecule has 1 aromatic carbocycles. The maximum atomic E-state index is 12.0. The Morgan fingerprint density at radius 2 is 1.65 bits per heavy atom. The summed E-state index contributed by atoms with van der Waals surface area (Å²) in [4.78, 5) is 13.7. The molecule has 1 aromatic rings. The number of phenols is 1. The molecule has 1 rings (SSSR count). The fourth-order valence-electron chi connectivity index (χ4n) is 2.21. The fourth-order valence-corrected chi connectivity index (χ4v) is 2.21. The third kappa shape index (κ3) is 6.60. The Balaban J connectivity index is 2.20. The SMILES string of the molecule is CCCCCCCCC(=O)N(C)Cc1ccc(O)cc1. The number of carbonyl (C=O) groups is 1. The van der Waals surface area contributed by atoms with Crippen molar-refractivity contribution in [1.29, 1.82) is 0 Å². The number of carbonyl (C=O) groups excluding carboxylic acids is 1. The number of benzene rings is 1. The van der Waals surface area contributed by atoms with Crippen LogP contribution in [0.2, 0.25) is 0 Å². The molecule has 0 radical (unpaired) electrons. The first-order valence-corrected chi connectivity index (χ1v) is 7.65. The van der Waals surface area contributed by atoms with E-state index in [4.69, 9.17) is 0 Å². The van der Waals surface area contributed by atoms with E-state index in [-0.39, 0.29) is 11.7 Å². The highest BCUT2D eigenvalue weighted by atomic mass is 16.3. The Bertz CT molecular complexity index is 386. The van der Waals surface area contributed by atoms with Gasteiger partial charge in [-0.05, 0) is 24.1 Å². The quantitative estimate of drug-likeness (QED) is 0.690. The van der Waals surface area contributed by atoms with Crippen molar-refractivity contribution in [2.24, 2.45) is 0 Å². The van der Waals surface area contributed by atoms with Crippen molar-refractivity contribution in [1.82, 2.24) is 4.90 Å². The fraction of sp³-hybridized carbons (Fsp3) is 0.588. The minimum atomic E-state index is 0.202. The van der Waals surface area contributed by atoms with Gasteiger partial charge in [-0.1, -0.05) is 51.2 Å². The molecule has 0 unspecified atom stereocenters. The summed E-state index contributed by atoms with van der Waals surface area (Å²) in [7, 11) is 1.84. The molecule has 3 heteroatoms. The maximum Gasteiger partial charge on any atom is 0.222 e. The third-order valence-corrected chi connectivity index (χ3v) is 3.53. The topological polar surface area (TPSA) is 40.5 Å². The summed E-state index contributed by atoms with van der Waals surface area (Å²) in [5, 5.41) is 9.22. The summed E-state index contributed by atoms with van der Waals surface area (Å²) in [6.45, 7) is 2.82. The van der Waals surface area contributed by atoms with Crippen LogP contribution in [0, 0.1) is 0 Å². The van der Waals surface area contributed by atoms with Crippen LogP contribution in [0.5, 0.6) is 5.75 Å². The molecule has 0 heterocycles. The number of rotatable bonds is 9. The van der Waals surface area contributed by atoms with E-state index in [2.05, 4.69) is 6.92 Å². The molecular weight excluding hydrogens is 250 g/mol. The molecule has 0 spiro atoms. The van der Waals surface area contributed by atoms with Crippen LogP contribution in [0.1, 0.15) is 57.4 Å². The summed E-state index contributed by atoms with van der Waals surface area (Å²) in [6, 6.07) is 7.01. The van der Waals surface area contributed by atoms with Crippen molar-refractivity contribution in [2.45, 2.75) is 58.4 Å². The molecule has 0 aliphatic rings. The molecule has 0 saturated heterocycles. The molecule has 0 saturated carbocycles. The Morgan fingerprint density at radius 3 is 2.30 bits per heavy atom. The summed E-state index contributed by atoms with van der Waals surface area (Å²) in [6.07, 6.45) is 7.86. The first kappa shape index (κ1) is 16.5. The summed E-state index contributed by atoms with van der Waals surface area (Å²) in [5.74, 6) is 0.461. The molecule has 112 valence electrons. The monoisotopic (exact) mass is 277 g/mol. The molecule has 1 N–H and O–H groups in total. The predicted octanol–water partition coefficient (Wildman–Crippen LogP) is 4.10. The summed E-state index contributed by atoms with van der Waals surface area (Å²) < 4.78 is 0. The van der Waals surface area contributed by atoms with Gasteiger partial charge >= 0.3 is 0 Å². The Kier molecular flexibility index (Phi) is 7.78. The van der Waals surface area contributed by atoms with E-state index in [1.165, 1.54) is 25.7 Å². The van der Waals surface area contributed by atoms with Crippen LogP contribution in [0.15, 0.2) is 24.3 Å². The second-order valence-corrected chi connectivity index (χ2v) is 5.43. The van der Waals surface area contributed by atoms with E-state index < -0.39 is 0 Å². The van der Waals surface area contributed by atoms with Crippen LogP contribution >= 0.6 is 0 Å². The number of amides is 1. The number of unbranched alkanes of at least 4 members (excludes halogenated alkanes) is 5. The van der Waals surface area contributed by atoms with Gasteiger partial charge in [0.15, 0.2) is 0 Å². The van der Waals surface area contributed by atoms with E-state index in [1.807, 2.05) is 19.2 Å². The van der Waals surface area contributed by atoms with Crippen LogP contribution in [0.25, 0.3) is 0 Å². The van der Waals surface area contributed by atoms with Gasteiger partial charge in [0.2, 0.25) is 5.91 Å². The van der Waals surface area contributed by atoms with Gasteiger partial charge in [0.1, 0.15) is 5.75 Å². The Morgan fingerprint density at radius 1 is 1.05 bits per heavy atom. The molecule has 0 bridgehead atoms. The first-order valence-electron chi connectivity index (χ1n) is 7.65. The number of aromatic hydroxyl groups is 1. The van der Waals surface area contributed by atoms with E-state index >= 15 is 0 Å². The lowest BCUT2D eigenvalue weighted by Crippen LogP contribution is -2.25. The van der Waals surface area contributed by atoms with Gasteiger partial charge in [0.05, 0.1) is 0 Å². The van der Waals surface area contributed by atoms with E-state index in [9.17, 15) is 9.90 Å². The van der Waals surface area contributed by atoms with Gasteiger partial charge in [-0.3, -0.25) is 4.79 Å². The van der Waals surface area contributed by atoms with Crippen molar-refractivity contribution in [3.8, 4) is 5.75 Å². The van der Waals surface area contributed by atoms with Crippen molar-refractivity contribution >= 4 is 5.91 Å².